The van der Waals surface area contributed by atoms with E-state index in [9.17, 15) is 4.79 Å². The second kappa shape index (κ2) is 7.01. The molecule has 0 spiro atoms. The van der Waals surface area contributed by atoms with Crippen LogP contribution in [0.15, 0.2) is 18.3 Å². The SMILES string of the molecule is CCCC(C)COCc1cccnc1C(=O)O. The molecule has 94 valence electrons. The van der Waals surface area contributed by atoms with Crippen LogP contribution in [-0.2, 0) is 11.3 Å². The van der Waals surface area contributed by atoms with Gasteiger partial charge in [0.05, 0.1) is 6.61 Å². The zero-order chi connectivity index (χ0) is 12.7. The number of pyridine rings is 1. The van der Waals surface area contributed by atoms with Crippen LogP contribution in [0.5, 0.6) is 0 Å². The smallest absolute Gasteiger partial charge is 0.354 e. The molecule has 0 aliphatic carbocycles. The summed E-state index contributed by atoms with van der Waals surface area (Å²) in [6.45, 7) is 5.23. The fourth-order valence-electron chi connectivity index (χ4n) is 1.69. The molecule has 1 aromatic heterocycles. The van der Waals surface area contributed by atoms with Crippen LogP contribution in [-0.4, -0.2) is 22.7 Å². The van der Waals surface area contributed by atoms with Gasteiger partial charge in [-0.3, -0.25) is 0 Å². The van der Waals surface area contributed by atoms with E-state index in [4.69, 9.17) is 9.84 Å². The van der Waals surface area contributed by atoms with Crippen molar-refractivity contribution in [2.24, 2.45) is 5.92 Å². The Bertz CT molecular complexity index is 365. The van der Waals surface area contributed by atoms with E-state index in [2.05, 4.69) is 18.8 Å². The first-order valence-corrected chi connectivity index (χ1v) is 5.90. The predicted molar refractivity (Wildman–Crippen MR) is 64.9 cm³/mol. The lowest BCUT2D eigenvalue weighted by Gasteiger charge is -2.11. The van der Waals surface area contributed by atoms with Gasteiger partial charge in [0.1, 0.15) is 0 Å². The summed E-state index contributed by atoms with van der Waals surface area (Å²) < 4.78 is 5.52. The van der Waals surface area contributed by atoms with Crippen LogP contribution >= 0.6 is 0 Å². The van der Waals surface area contributed by atoms with E-state index in [1.54, 1.807) is 12.1 Å². The summed E-state index contributed by atoms with van der Waals surface area (Å²) in [7, 11) is 0. The van der Waals surface area contributed by atoms with Gasteiger partial charge in [0.15, 0.2) is 5.69 Å². The molecule has 1 unspecified atom stereocenters. The minimum atomic E-state index is -1.01. The zero-order valence-corrected chi connectivity index (χ0v) is 10.3. The van der Waals surface area contributed by atoms with Crippen LogP contribution in [0, 0.1) is 5.92 Å². The van der Waals surface area contributed by atoms with Crippen molar-refractivity contribution in [2.75, 3.05) is 6.61 Å². The highest BCUT2D eigenvalue weighted by atomic mass is 16.5. The van der Waals surface area contributed by atoms with E-state index in [1.807, 2.05) is 0 Å². The van der Waals surface area contributed by atoms with E-state index in [0.717, 1.165) is 12.8 Å². The Morgan fingerprint density at radius 3 is 3.00 bits per heavy atom. The first kappa shape index (κ1) is 13.6. The van der Waals surface area contributed by atoms with Gasteiger partial charge in [0, 0.05) is 18.4 Å². The number of carboxylic acids is 1. The molecule has 4 nitrogen and oxygen atoms in total. The van der Waals surface area contributed by atoms with Crippen molar-refractivity contribution in [1.82, 2.24) is 4.98 Å². The fourth-order valence-corrected chi connectivity index (χ4v) is 1.69. The summed E-state index contributed by atoms with van der Waals surface area (Å²) >= 11 is 0. The van der Waals surface area contributed by atoms with E-state index in [1.165, 1.54) is 6.20 Å². The molecule has 1 rings (SSSR count). The second-order valence-corrected chi connectivity index (χ2v) is 4.23. The highest BCUT2D eigenvalue weighted by Gasteiger charge is 2.11. The van der Waals surface area contributed by atoms with Crippen molar-refractivity contribution < 1.29 is 14.6 Å². The Hall–Kier alpha value is -1.42. The molecule has 0 aliphatic heterocycles. The average molecular weight is 237 g/mol. The molecule has 1 N–H and O–H groups in total. The van der Waals surface area contributed by atoms with Gasteiger partial charge in [-0.25, -0.2) is 9.78 Å². The lowest BCUT2D eigenvalue weighted by Crippen LogP contribution is -2.09. The van der Waals surface area contributed by atoms with Crippen molar-refractivity contribution in [3.8, 4) is 0 Å². The van der Waals surface area contributed by atoms with Gasteiger partial charge >= 0.3 is 5.97 Å². The van der Waals surface area contributed by atoms with Crippen LogP contribution in [0.25, 0.3) is 0 Å². The van der Waals surface area contributed by atoms with Crippen molar-refractivity contribution in [1.29, 1.82) is 0 Å². The molecule has 0 radical (unpaired) electrons. The van der Waals surface area contributed by atoms with Crippen LogP contribution in [0.2, 0.25) is 0 Å². The Kier molecular flexibility index (Phi) is 5.63. The van der Waals surface area contributed by atoms with Gasteiger partial charge < -0.3 is 9.84 Å². The lowest BCUT2D eigenvalue weighted by molar-refractivity contribution is 0.0669. The first-order valence-electron chi connectivity index (χ1n) is 5.90. The molecule has 1 heterocycles. The number of nitrogens with zero attached hydrogens (tertiary/aromatic N) is 1. The molecule has 0 amide bonds. The van der Waals surface area contributed by atoms with Crippen LogP contribution in [0.1, 0.15) is 42.7 Å². The maximum Gasteiger partial charge on any atom is 0.354 e. The van der Waals surface area contributed by atoms with E-state index < -0.39 is 5.97 Å². The molecule has 4 heteroatoms. The molecule has 0 aromatic carbocycles. The molecular weight excluding hydrogens is 218 g/mol. The third kappa shape index (κ3) is 4.53. The number of carbonyl (C=O) groups is 1. The van der Waals surface area contributed by atoms with Gasteiger partial charge in [-0.05, 0) is 18.4 Å². The average Bonchev–Trinajstić information content (AvgIpc) is 2.30. The quantitative estimate of drug-likeness (QED) is 0.792. The summed E-state index contributed by atoms with van der Waals surface area (Å²) in [4.78, 5) is 14.7. The molecule has 17 heavy (non-hydrogen) atoms. The van der Waals surface area contributed by atoms with Crippen molar-refractivity contribution in [3.05, 3.63) is 29.6 Å². The Morgan fingerprint density at radius 2 is 2.35 bits per heavy atom. The van der Waals surface area contributed by atoms with E-state index >= 15 is 0 Å². The van der Waals surface area contributed by atoms with Gasteiger partial charge in [-0.2, -0.15) is 0 Å². The highest BCUT2D eigenvalue weighted by molar-refractivity contribution is 5.86. The molecule has 0 saturated heterocycles. The van der Waals surface area contributed by atoms with E-state index in [0.29, 0.717) is 24.7 Å². The summed E-state index contributed by atoms with van der Waals surface area (Å²) in [5.74, 6) is -0.504. The van der Waals surface area contributed by atoms with Crippen molar-refractivity contribution >= 4 is 5.97 Å². The van der Waals surface area contributed by atoms with Crippen molar-refractivity contribution in [2.45, 2.75) is 33.3 Å². The third-order valence-corrected chi connectivity index (χ3v) is 2.54. The molecule has 0 saturated carbocycles. The fraction of sp³-hybridized carbons (Fsp3) is 0.538. The summed E-state index contributed by atoms with van der Waals surface area (Å²) in [5.41, 5.74) is 0.708. The number of aromatic nitrogens is 1. The Balaban J connectivity index is 2.49. The number of aromatic carboxylic acids is 1. The number of hydrogen-bond acceptors (Lipinski definition) is 3. The molecule has 0 fully saturated rings. The number of hydrogen-bond donors (Lipinski definition) is 1. The topological polar surface area (TPSA) is 59.4 Å². The summed E-state index contributed by atoms with van der Waals surface area (Å²) in [6.07, 6.45) is 3.74. The van der Waals surface area contributed by atoms with Crippen LogP contribution in [0.4, 0.5) is 0 Å². The minimum absolute atomic E-state index is 0.0793. The first-order chi connectivity index (χ1) is 8.15. The summed E-state index contributed by atoms with van der Waals surface area (Å²) in [6, 6.07) is 3.46. The Labute approximate surface area is 102 Å². The van der Waals surface area contributed by atoms with Crippen LogP contribution < -0.4 is 0 Å². The van der Waals surface area contributed by atoms with Gasteiger partial charge in [-0.1, -0.05) is 26.3 Å². The molecule has 1 aromatic rings. The van der Waals surface area contributed by atoms with Gasteiger partial charge in [-0.15, -0.1) is 0 Å². The van der Waals surface area contributed by atoms with Crippen molar-refractivity contribution in [3.63, 3.8) is 0 Å². The monoisotopic (exact) mass is 237 g/mol. The Morgan fingerprint density at radius 1 is 1.59 bits per heavy atom. The lowest BCUT2D eigenvalue weighted by atomic mass is 10.1. The number of ether oxygens (including phenoxy) is 1. The largest absolute Gasteiger partial charge is 0.477 e. The number of carboxylic acid groups (broad SMARTS) is 1. The third-order valence-electron chi connectivity index (χ3n) is 2.54. The second-order valence-electron chi connectivity index (χ2n) is 4.23. The molecule has 0 bridgehead atoms. The van der Waals surface area contributed by atoms with Crippen LogP contribution in [0.3, 0.4) is 0 Å². The standard InChI is InChI=1S/C13H19NO3/c1-3-5-10(2)8-17-9-11-6-4-7-14-12(11)13(15)16/h4,6-7,10H,3,5,8-9H2,1-2H3,(H,15,16). The van der Waals surface area contributed by atoms with Gasteiger partial charge in [0.2, 0.25) is 0 Å². The van der Waals surface area contributed by atoms with E-state index in [-0.39, 0.29) is 5.69 Å². The van der Waals surface area contributed by atoms with Gasteiger partial charge in [0.25, 0.3) is 0 Å². The minimum Gasteiger partial charge on any atom is -0.477 e. The summed E-state index contributed by atoms with van der Waals surface area (Å²) in [5, 5.41) is 8.94. The maximum absolute atomic E-state index is 10.9. The molecule has 1 atom stereocenters. The zero-order valence-electron chi connectivity index (χ0n) is 10.3. The normalized spacial score (nSPS) is 12.4. The molecule has 0 aliphatic rings. The molecular formula is C13H19NO3. The number of rotatable bonds is 7. The maximum atomic E-state index is 10.9. The highest BCUT2D eigenvalue weighted by Crippen LogP contribution is 2.10. The predicted octanol–water partition coefficient (Wildman–Crippen LogP) is 2.73.